The fourth-order valence-electron chi connectivity index (χ4n) is 3.87. The third-order valence-corrected chi connectivity index (χ3v) is 4.77. The average molecular weight is 237 g/mol. The van der Waals surface area contributed by atoms with Crippen molar-refractivity contribution < 1.29 is 4.79 Å². The van der Waals surface area contributed by atoms with Crippen LogP contribution in [0.15, 0.2) is 0 Å². The first-order valence-corrected chi connectivity index (χ1v) is 7.24. The Morgan fingerprint density at radius 3 is 2.35 bits per heavy atom. The molecule has 1 saturated carbocycles. The zero-order valence-electron chi connectivity index (χ0n) is 11.8. The van der Waals surface area contributed by atoms with Crippen molar-refractivity contribution in [1.82, 2.24) is 4.90 Å². The minimum Gasteiger partial charge on any atom is -0.300 e. The Morgan fingerprint density at radius 2 is 1.82 bits per heavy atom. The molecule has 2 fully saturated rings. The molecule has 5 atom stereocenters. The second-order valence-electron chi connectivity index (χ2n) is 6.74. The molecule has 1 aliphatic carbocycles. The predicted octanol–water partition coefficient (Wildman–Crippen LogP) is 2.97. The van der Waals surface area contributed by atoms with Crippen LogP contribution in [-0.2, 0) is 4.79 Å². The van der Waals surface area contributed by atoms with Gasteiger partial charge in [-0.1, -0.05) is 20.8 Å². The van der Waals surface area contributed by atoms with E-state index in [1.54, 1.807) is 0 Å². The molecule has 0 aromatic heterocycles. The molecule has 0 spiro atoms. The summed E-state index contributed by atoms with van der Waals surface area (Å²) in [4.78, 5) is 14.7. The summed E-state index contributed by atoms with van der Waals surface area (Å²) in [7, 11) is 0. The molecule has 0 radical (unpaired) electrons. The largest absolute Gasteiger partial charge is 0.300 e. The summed E-state index contributed by atoms with van der Waals surface area (Å²) < 4.78 is 0. The first-order valence-electron chi connectivity index (χ1n) is 7.24. The smallest absolute Gasteiger partial charge is 0.137 e. The topological polar surface area (TPSA) is 20.3 Å². The van der Waals surface area contributed by atoms with Crippen LogP contribution < -0.4 is 0 Å². The van der Waals surface area contributed by atoms with Crippen LogP contribution in [-0.4, -0.2) is 29.8 Å². The SMILES string of the molecule is CC1CC(=O)C(CN2CC(C)CC2C)C(C)C1. The summed E-state index contributed by atoms with van der Waals surface area (Å²) in [5, 5.41) is 0. The first-order chi connectivity index (χ1) is 7.97. The molecule has 2 rings (SSSR count). The van der Waals surface area contributed by atoms with E-state index in [1.807, 2.05) is 0 Å². The zero-order valence-corrected chi connectivity index (χ0v) is 11.8. The highest BCUT2D eigenvalue weighted by Crippen LogP contribution is 2.33. The number of nitrogens with zero attached hydrogens (tertiary/aromatic N) is 1. The molecule has 0 bridgehead atoms. The lowest BCUT2D eigenvalue weighted by Crippen LogP contribution is -2.41. The van der Waals surface area contributed by atoms with Gasteiger partial charge in [-0.25, -0.2) is 0 Å². The minimum atomic E-state index is 0.305. The maximum Gasteiger partial charge on any atom is 0.137 e. The van der Waals surface area contributed by atoms with E-state index in [4.69, 9.17) is 0 Å². The van der Waals surface area contributed by atoms with Crippen molar-refractivity contribution in [3.05, 3.63) is 0 Å². The van der Waals surface area contributed by atoms with Gasteiger partial charge in [-0.15, -0.1) is 0 Å². The van der Waals surface area contributed by atoms with Crippen LogP contribution in [0.4, 0.5) is 0 Å². The van der Waals surface area contributed by atoms with Crippen molar-refractivity contribution in [2.75, 3.05) is 13.1 Å². The number of rotatable bonds is 2. The predicted molar refractivity (Wildman–Crippen MR) is 70.9 cm³/mol. The number of ketones is 1. The lowest BCUT2D eigenvalue weighted by molar-refractivity contribution is -0.128. The molecule has 17 heavy (non-hydrogen) atoms. The Kier molecular flexibility index (Phi) is 3.92. The van der Waals surface area contributed by atoms with E-state index in [-0.39, 0.29) is 0 Å². The summed E-state index contributed by atoms with van der Waals surface area (Å²) >= 11 is 0. The van der Waals surface area contributed by atoms with E-state index in [1.165, 1.54) is 19.4 Å². The number of likely N-dealkylation sites (tertiary alicyclic amines) is 1. The number of hydrogen-bond donors (Lipinski definition) is 0. The summed E-state index contributed by atoms with van der Waals surface area (Å²) in [5.41, 5.74) is 0. The zero-order chi connectivity index (χ0) is 12.6. The van der Waals surface area contributed by atoms with Crippen LogP contribution in [0.2, 0.25) is 0 Å². The fourth-order valence-corrected chi connectivity index (χ4v) is 3.87. The first kappa shape index (κ1) is 13.1. The summed E-state index contributed by atoms with van der Waals surface area (Å²) in [6, 6.07) is 0.671. The van der Waals surface area contributed by atoms with Gasteiger partial charge in [0, 0.05) is 31.5 Å². The molecular weight excluding hydrogens is 210 g/mol. The maximum atomic E-state index is 12.2. The third kappa shape index (κ3) is 2.90. The van der Waals surface area contributed by atoms with Gasteiger partial charge in [0.25, 0.3) is 0 Å². The molecule has 0 N–H and O–H groups in total. The van der Waals surface area contributed by atoms with Gasteiger partial charge in [-0.3, -0.25) is 9.69 Å². The highest BCUT2D eigenvalue weighted by atomic mass is 16.1. The Hall–Kier alpha value is -0.370. The second kappa shape index (κ2) is 5.09. The van der Waals surface area contributed by atoms with E-state index in [2.05, 4.69) is 32.6 Å². The molecule has 0 amide bonds. The Balaban J connectivity index is 1.96. The van der Waals surface area contributed by atoms with Crippen molar-refractivity contribution in [3.63, 3.8) is 0 Å². The number of Topliss-reactive ketones (excluding diaryl/α,β-unsaturated/α-hetero) is 1. The summed E-state index contributed by atoms with van der Waals surface area (Å²) in [6.07, 6.45) is 3.34. The normalized spacial score (nSPS) is 44.2. The Labute approximate surface area is 106 Å². The Morgan fingerprint density at radius 1 is 1.12 bits per heavy atom. The molecule has 1 saturated heterocycles. The van der Waals surface area contributed by atoms with Crippen molar-refractivity contribution in [1.29, 1.82) is 0 Å². The average Bonchev–Trinajstić information content (AvgIpc) is 2.51. The van der Waals surface area contributed by atoms with Gasteiger partial charge in [0.1, 0.15) is 5.78 Å². The molecule has 98 valence electrons. The molecule has 0 aromatic rings. The van der Waals surface area contributed by atoms with Crippen LogP contribution >= 0.6 is 0 Å². The monoisotopic (exact) mass is 237 g/mol. The lowest BCUT2D eigenvalue weighted by atomic mass is 9.74. The van der Waals surface area contributed by atoms with Crippen molar-refractivity contribution in [2.24, 2.45) is 23.7 Å². The maximum absolute atomic E-state index is 12.2. The number of carbonyl (C=O) groups excluding carboxylic acids is 1. The van der Waals surface area contributed by atoms with Crippen molar-refractivity contribution >= 4 is 5.78 Å². The third-order valence-electron chi connectivity index (χ3n) is 4.77. The van der Waals surface area contributed by atoms with Crippen LogP contribution in [0.25, 0.3) is 0 Å². The molecule has 0 aromatic carbocycles. The van der Waals surface area contributed by atoms with Crippen LogP contribution in [0.3, 0.4) is 0 Å². The minimum absolute atomic E-state index is 0.305. The summed E-state index contributed by atoms with van der Waals surface area (Å²) in [5.74, 6) is 2.80. The molecule has 2 heteroatoms. The molecule has 2 nitrogen and oxygen atoms in total. The standard InChI is InChI=1S/C15H27NO/c1-10-5-12(3)14(15(17)7-10)9-16-8-11(2)6-13(16)4/h10-14H,5-9H2,1-4H3. The van der Waals surface area contributed by atoms with Gasteiger partial charge in [0.2, 0.25) is 0 Å². The van der Waals surface area contributed by atoms with Crippen molar-refractivity contribution in [2.45, 2.75) is 53.0 Å². The number of hydrogen-bond acceptors (Lipinski definition) is 2. The molecule has 2 aliphatic rings. The fraction of sp³-hybridized carbons (Fsp3) is 0.933. The molecule has 1 aliphatic heterocycles. The van der Waals surface area contributed by atoms with Crippen LogP contribution in [0.1, 0.15) is 47.0 Å². The van der Waals surface area contributed by atoms with Gasteiger partial charge in [0.15, 0.2) is 0 Å². The molecule has 5 unspecified atom stereocenters. The quantitative estimate of drug-likeness (QED) is 0.736. The van der Waals surface area contributed by atoms with Gasteiger partial charge in [0.05, 0.1) is 0 Å². The van der Waals surface area contributed by atoms with Gasteiger partial charge in [-0.05, 0) is 37.5 Å². The Bertz CT molecular complexity index is 289. The van der Waals surface area contributed by atoms with Gasteiger partial charge in [-0.2, -0.15) is 0 Å². The van der Waals surface area contributed by atoms with Crippen molar-refractivity contribution in [3.8, 4) is 0 Å². The molecule has 1 heterocycles. The van der Waals surface area contributed by atoms with Gasteiger partial charge >= 0.3 is 0 Å². The van der Waals surface area contributed by atoms with E-state index < -0.39 is 0 Å². The van der Waals surface area contributed by atoms with E-state index in [0.29, 0.717) is 29.6 Å². The van der Waals surface area contributed by atoms with Gasteiger partial charge < -0.3 is 0 Å². The molecular formula is C15H27NO. The van der Waals surface area contributed by atoms with E-state index >= 15 is 0 Å². The highest BCUT2D eigenvalue weighted by Gasteiger charge is 2.36. The highest BCUT2D eigenvalue weighted by molar-refractivity contribution is 5.82. The summed E-state index contributed by atoms with van der Waals surface area (Å²) in [6.45, 7) is 11.3. The second-order valence-corrected chi connectivity index (χ2v) is 6.74. The van der Waals surface area contributed by atoms with E-state index in [0.717, 1.165) is 18.9 Å². The lowest BCUT2D eigenvalue weighted by Gasteiger charge is -2.35. The number of carbonyl (C=O) groups is 1. The van der Waals surface area contributed by atoms with Crippen LogP contribution in [0.5, 0.6) is 0 Å². The van der Waals surface area contributed by atoms with Crippen LogP contribution in [0, 0.1) is 23.7 Å². The van der Waals surface area contributed by atoms with E-state index in [9.17, 15) is 4.79 Å².